The summed E-state index contributed by atoms with van der Waals surface area (Å²) in [4.78, 5) is 0. The van der Waals surface area contributed by atoms with E-state index in [1.54, 1.807) is 0 Å². The number of thiophene rings is 1. The minimum absolute atomic E-state index is 0.273. The molecule has 0 unspecified atom stereocenters. The highest BCUT2D eigenvalue weighted by Crippen LogP contribution is 2.22. The molecule has 1 heterocycles. The molecule has 0 radical (unpaired) electrons. The van der Waals surface area contributed by atoms with Gasteiger partial charge in [-0.2, -0.15) is 0 Å². The lowest BCUT2D eigenvalue weighted by atomic mass is 10.1. The molecule has 70 valence electrons. The number of hydrogen-bond acceptors (Lipinski definition) is 2. The third kappa shape index (κ3) is 3.04. The second-order valence-corrected chi connectivity index (χ2v) is 4.86. The largest absolute Gasteiger partial charge is 0.297 e. The van der Waals surface area contributed by atoms with Gasteiger partial charge in [-0.15, -0.1) is 17.8 Å². The Morgan fingerprint density at radius 2 is 2.38 bits per heavy atom. The van der Waals surface area contributed by atoms with E-state index in [9.17, 15) is 0 Å². The summed E-state index contributed by atoms with van der Waals surface area (Å²) in [6.07, 6.45) is 5.34. The van der Waals surface area contributed by atoms with Crippen LogP contribution in [0.5, 0.6) is 0 Å². The van der Waals surface area contributed by atoms with Crippen LogP contribution in [0.4, 0.5) is 0 Å². The van der Waals surface area contributed by atoms with Crippen LogP contribution in [0.25, 0.3) is 0 Å². The summed E-state index contributed by atoms with van der Waals surface area (Å²) in [6.45, 7) is 4.65. The zero-order valence-corrected chi connectivity index (χ0v) is 9.30. The summed E-state index contributed by atoms with van der Waals surface area (Å²) in [5, 5.41) is 5.21. The summed E-state index contributed by atoms with van der Waals surface area (Å²) in [5.74, 6) is 2.67. The average molecular weight is 214 g/mol. The quantitative estimate of drug-likeness (QED) is 0.762. The van der Waals surface area contributed by atoms with Gasteiger partial charge in [0, 0.05) is 6.54 Å². The Balaban J connectivity index is 2.54. The van der Waals surface area contributed by atoms with Gasteiger partial charge in [0.25, 0.3) is 0 Å². The molecule has 0 saturated carbocycles. The molecule has 0 atom stereocenters. The van der Waals surface area contributed by atoms with Gasteiger partial charge in [-0.25, -0.2) is 0 Å². The van der Waals surface area contributed by atoms with E-state index in [-0.39, 0.29) is 5.54 Å². The average Bonchev–Trinajstić information content (AvgIpc) is 2.48. The van der Waals surface area contributed by atoms with Crippen LogP contribution in [0.1, 0.15) is 19.4 Å². The Bertz CT molecular complexity index is 322. The molecule has 13 heavy (non-hydrogen) atoms. The van der Waals surface area contributed by atoms with Crippen molar-refractivity contribution in [1.82, 2.24) is 5.32 Å². The first-order chi connectivity index (χ1) is 6.05. The summed E-state index contributed by atoms with van der Waals surface area (Å²) < 4.78 is 0.834. The molecular formula is C10H12ClNS. The molecule has 1 aromatic rings. The Hall–Kier alpha value is -0.490. The molecule has 0 aliphatic carbocycles. The number of nitrogens with one attached hydrogen (secondary N) is 1. The molecule has 0 aliphatic heterocycles. The summed E-state index contributed by atoms with van der Waals surface area (Å²) in [6, 6.07) is 2.01. The topological polar surface area (TPSA) is 12.0 Å². The van der Waals surface area contributed by atoms with Gasteiger partial charge in [-0.1, -0.05) is 17.5 Å². The van der Waals surface area contributed by atoms with Crippen LogP contribution in [0, 0.1) is 12.3 Å². The monoisotopic (exact) mass is 213 g/mol. The van der Waals surface area contributed by atoms with Gasteiger partial charge in [0.05, 0.1) is 9.88 Å². The van der Waals surface area contributed by atoms with Crippen molar-refractivity contribution in [2.45, 2.75) is 25.9 Å². The third-order valence-corrected chi connectivity index (χ3v) is 3.03. The van der Waals surface area contributed by atoms with Crippen LogP contribution in [0.15, 0.2) is 11.4 Å². The van der Waals surface area contributed by atoms with E-state index in [0.29, 0.717) is 0 Å². The highest BCUT2D eigenvalue weighted by molar-refractivity contribution is 7.14. The van der Waals surface area contributed by atoms with Crippen molar-refractivity contribution in [2.24, 2.45) is 0 Å². The molecule has 0 amide bonds. The van der Waals surface area contributed by atoms with Crippen LogP contribution in [0.3, 0.4) is 0 Å². The first-order valence-electron chi connectivity index (χ1n) is 4.00. The number of terminal acetylenes is 1. The molecule has 1 rings (SSSR count). The molecule has 0 aromatic carbocycles. The predicted octanol–water partition coefficient (Wildman–Crippen LogP) is 2.90. The van der Waals surface area contributed by atoms with Crippen LogP contribution in [0.2, 0.25) is 4.34 Å². The van der Waals surface area contributed by atoms with Gasteiger partial charge in [0.2, 0.25) is 0 Å². The molecule has 0 saturated heterocycles. The Labute approximate surface area is 88.1 Å². The van der Waals surface area contributed by atoms with E-state index < -0.39 is 0 Å². The maximum Gasteiger partial charge on any atom is 0.0973 e. The number of rotatable bonds is 3. The highest BCUT2D eigenvalue weighted by atomic mass is 35.5. The van der Waals surface area contributed by atoms with Crippen molar-refractivity contribution in [3.05, 3.63) is 21.3 Å². The summed E-state index contributed by atoms with van der Waals surface area (Å²) >= 11 is 7.48. The molecule has 1 N–H and O–H groups in total. The fourth-order valence-electron chi connectivity index (χ4n) is 0.813. The van der Waals surface area contributed by atoms with Crippen LogP contribution >= 0.6 is 22.9 Å². The Morgan fingerprint density at radius 1 is 1.69 bits per heavy atom. The standard InChI is InChI=1S/C10H12ClNS/c1-4-10(2,3)12-7-8-5-6-13-9(8)11/h1,5-6,12H,7H2,2-3H3. The molecule has 3 heteroatoms. The molecular weight excluding hydrogens is 202 g/mol. The third-order valence-electron chi connectivity index (χ3n) is 1.77. The van der Waals surface area contributed by atoms with Crippen molar-refractivity contribution < 1.29 is 0 Å². The van der Waals surface area contributed by atoms with Gasteiger partial charge < -0.3 is 0 Å². The second-order valence-electron chi connectivity index (χ2n) is 3.34. The van der Waals surface area contributed by atoms with E-state index in [2.05, 4.69) is 11.2 Å². The van der Waals surface area contributed by atoms with Gasteiger partial charge in [0.1, 0.15) is 0 Å². The van der Waals surface area contributed by atoms with Gasteiger partial charge in [0.15, 0.2) is 0 Å². The van der Waals surface area contributed by atoms with E-state index in [1.165, 1.54) is 11.3 Å². The highest BCUT2D eigenvalue weighted by Gasteiger charge is 2.13. The zero-order valence-electron chi connectivity index (χ0n) is 7.73. The number of halogens is 1. The summed E-state index contributed by atoms with van der Waals surface area (Å²) in [7, 11) is 0. The molecule has 1 aromatic heterocycles. The SMILES string of the molecule is C#CC(C)(C)NCc1ccsc1Cl. The predicted molar refractivity (Wildman–Crippen MR) is 59.1 cm³/mol. The minimum atomic E-state index is -0.273. The van der Waals surface area contributed by atoms with E-state index in [0.717, 1.165) is 16.4 Å². The van der Waals surface area contributed by atoms with Crippen molar-refractivity contribution in [2.75, 3.05) is 0 Å². The Morgan fingerprint density at radius 3 is 2.85 bits per heavy atom. The maximum absolute atomic E-state index is 5.94. The fraction of sp³-hybridized carbons (Fsp3) is 0.400. The lowest BCUT2D eigenvalue weighted by Crippen LogP contribution is -2.36. The molecule has 0 fully saturated rings. The fourth-order valence-corrected chi connectivity index (χ4v) is 1.74. The van der Waals surface area contributed by atoms with E-state index >= 15 is 0 Å². The summed E-state index contributed by atoms with van der Waals surface area (Å²) in [5.41, 5.74) is 0.834. The lowest BCUT2D eigenvalue weighted by Gasteiger charge is -2.19. The van der Waals surface area contributed by atoms with E-state index in [1.807, 2.05) is 25.3 Å². The zero-order chi connectivity index (χ0) is 9.90. The van der Waals surface area contributed by atoms with Gasteiger partial charge >= 0.3 is 0 Å². The molecule has 1 nitrogen and oxygen atoms in total. The van der Waals surface area contributed by atoms with Crippen molar-refractivity contribution in [3.63, 3.8) is 0 Å². The smallest absolute Gasteiger partial charge is 0.0973 e. The maximum atomic E-state index is 5.94. The second kappa shape index (κ2) is 4.15. The first-order valence-corrected chi connectivity index (χ1v) is 5.25. The first kappa shape index (κ1) is 10.6. The van der Waals surface area contributed by atoms with Crippen LogP contribution in [-0.4, -0.2) is 5.54 Å². The number of hydrogen-bond donors (Lipinski definition) is 1. The van der Waals surface area contributed by atoms with Gasteiger partial charge in [-0.05, 0) is 30.9 Å². The van der Waals surface area contributed by atoms with Crippen molar-refractivity contribution >= 4 is 22.9 Å². The molecule has 0 spiro atoms. The molecule has 0 aliphatic rings. The van der Waals surface area contributed by atoms with Crippen molar-refractivity contribution in [1.29, 1.82) is 0 Å². The molecule has 0 bridgehead atoms. The van der Waals surface area contributed by atoms with Crippen molar-refractivity contribution in [3.8, 4) is 12.3 Å². The minimum Gasteiger partial charge on any atom is -0.297 e. The normalized spacial score (nSPS) is 11.2. The van der Waals surface area contributed by atoms with Crippen LogP contribution < -0.4 is 5.32 Å². The van der Waals surface area contributed by atoms with Crippen LogP contribution in [-0.2, 0) is 6.54 Å². The Kier molecular flexibility index (Phi) is 3.38. The lowest BCUT2D eigenvalue weighted by molar-refractivity contribution is 0.491. The van der Waals surface area contributed by atoms with Gasteiger partial charge in [-0.3, -0.25) is 5.32 Å². The van der Waals surface area contributed by atoms with E-state index in [4.69, 9.17) is 18.0 Å².